The van der Waals surface area contributed by atoms with Crippen LogP contribution in [0.15, 0.2) is 64.0 Å². The normalized spacial score (nSPS) is 11.2. The minimum Gasteiger partial charge on any atom is -0.483 e. The van der Waals surface area contributed by atoms with E-state index in [1.165, 1.54) is 18.2 Å². The molecule has 9 heteroatoms. The topological polar surface area (TPSA) is 84.5 Å². The molecule has 0 unspecified atom stereocenters. The van der Waals surface area contributed by atoms with Crippen molar-refractivity contribution in [2.24, 2.45) is 0 Å². The molecule has 0 radical (unpaired) electrons. The quantitative estimate of drug-likeness (QED) is 0.396. The summed E-state index contributed by atoms with van der Waals surface area (Å²) in [4.78, 5) is 12.5. The molecule has 32 heavy (non-hydrogen) atoms. The van der Waals surface area contributed by atoms with Gasteiger partial charge in [-0.2, -0.15) is 0 Å². The van der Waals surface area contributed by atoms with E-state index in [1.807, 2.05) is 26.0 Å². The van der Waals surface area contributed by atoms with Crippen LogP contribution in [-0.2, 0) is 14.8 Å². The van der Waals surface area contributed by atoms with Crippen molar-refractivity contribution in [3.05, 3.63) is 80.8 Å². The van der Waals surface area contributed by atoms with E-state index in [0.717, 1.165) is 21.3 Å². The zero-order chi connectivity index (χ0) is 23.5. The Balaban J connectivity index is 1.66. The van der Waals surface area contributed by atoms with Crippen molar-refractivity contribution in [1.82, 2.24) is 0 Å². The predicted molar refractivity (Wildman–Crippen MR) is 131 cm³/mol. The van der Waals surface area contributed by atoms with E-state index in [1.54, 1.807) is 31.2 Å². The Morgan fingerprint density at radius 2 is 1.59 bits per heavy atom. The fourth-order valence-corrected chi connectivity index (χ4v) is 5.07. The number of carbonyl (C=O) groups excluding carboxylic acids is 1. The third-order valence-corrected chi connectivity index (χ3v) is 6.76. The van der Waals surface area contributed by atoms with Gasteiger partial charge in [-0.15, -0.1) is 0 Å². The lowest BCUT2D eigenvalue weighted by molar-refractivity contribution is -0.118. The fraction of sp³-hybridized carbons (Fsp3) is 0.174. The highest BCUT2D eigenvalue weighted by Crippen LogP contribution is 2.26. The maximum Gasteiger partial charge on any atom is 0.262 e. The molecule has 0 aliphatic heterocycles. The number of halogens is 2. The van der Waals surface area contributed by atoms with Crippen LogP contribution >= 0.6 is 27.5 Å². The molecule has 6 nitrogen and oxygen atoms in total. The van der Waals surface area contributed by atoms with Gasteiger partial charge in [-0.1, -0.05) is 27.5 Å². The second kappa shape index (κ2) is 9.94. The van der Waals surface area contributed by atoms with E-state index in [0.29, 0.717) is 22.0 Å². The molecule has 168 valence electrons. The number of benzene rings is 3. The molecule has 0 fully saturated rings. The van der Waals surface area contributed by atoms with Crippen LogP contribution in [0.2, 0.25) is 5.02 Å². The number of hydrogen-bond acceptors (Lipinski definition) is 4. The van der Waals surface area contributed by atoms with E-state index in [9.17, 15) is 13.2 Å². The molecule has 0 aromatic heterocycles. The van der Waals surface area contributed by atoms with Gasteiger partial charge in [-0.3, -0.25) is 9.52 Å². The molecule has 3 rings (SSSR count). The molecule has 0 heterocycles. The third-order valence-electron chi connectivity index (χ3n) is 4.67. The number of nitrogens with one attached hydrogen (secondary N) is 2. The first kappa shape index (κ1) is 24.1. The second-order valence-corrected chi connectivity index (χ2v) is 10.3. The SMILES string of the molecule is Cc1cc(S(=O)(=O)Nc2ccc(Cl)cc2)ccc1OCC(=O)Nc1c(C)cc(Br)cc1C. The van der Waals surface area contributed by atoms with Gasteiger partial charge in [0, 0.05) is 20.9 Å². The van der Waals surface area contributed by atoms with E-state index in [2.05, 4.69) is 26.0 Å². The van der Waals surface area contributed by atoms with Gasteiger partial charge in [-0.25, -0.2) is 8.42 Å². The first-order valence-electron chi connectivity index (χ1n) is 9.63. The number of hydrogen-bond donors (Lipinski definition) is 2. The summed E-state index contributed by atoms with van der Waals surface area (Å²) in [5.41, 5.74) is 3.61. The van der Waals surface area contributed by atoms with Crippen molar-refractivity contribution in [1.29, 1.82) is 0 Å². The third kappa shape index (κ3) is 6.03. The van der Waals surface area contributed by atoms with E-state index < -0.39 is 10.0 Å². The van der Waals surface area contributed by atoms with Crippen molar-refractivity contribution in [3.63, 3.8) is 0 Å². The summed E-state index contributed by atoms with van der Waals surface area (Å²) in [7, 11) is -3.78. The van der Waals surface area contributed by atoms with Crippen LogP contribution in [0.4, 0.5) is 11.4 Å². The summed E-state index contributed by atoms with van der Waals surface area (Å²) in [6.45, 7) is 5.34. The molecule has 0 saturated heterocycles. The first-order chi connectivity index (χ1) is 15.0. The fourth-order valence-electron chi connectivity index (χ4n) is 3.11. The molecule has 1 amide bonds. The number of anilines is 2. The maximum absolute atomic E-state index is 12.7. The Morgan fingerprint density at radius 1 is 0.969 bits per heavy atom. The molecule has 0 bridgehead atoms. The van der Waals surface area contributed by atoms with Gasteiger partial charge in [-0.05, 0) is 92.1 Å². The Kier molecular flexibility index (Phi) is 7.48. The van der Waals surface area contributed by atoms with E-state index in [-0.39, 0.29) is 17.4 Å². The Labute approximate surface area is 201 Å². The molecular weight excluding hydrogens is 516 g/mol. The minimum atomic E-state index is -3.78. The van der Waals surface area contributed by atoms with Crippen LogP contribution < -0.4 is 14.8 Å². The van der Waals surface area contributed by atoms with Crippen molar-refractivity contribution >= 4 is 54.8 Å². The largest absolute Gasteiger partial charge is 0.483 e. The number of sulfonamides is 1. The number of carbonyl (C=O) groups is 1. The summed E-state index contributed by atoms with van der Waals surface area (Å²) in [6, 6.07) is 14.7. The van der Waals surface area contributed by atoms with Gasteiger partial charge in [0.25, 0.3) is 15.9 Å². The molecule has 3 aromatic rings. The standard InChI is InChI=1S/C23H22BrClN2O4S/c1-14-12-20(32(29,30)27-19-6-4-18(25)5-7-19)8-9-21(14)31-13-22(28)26-23-15(2)10-17(24)11-16(23)3/h4-12,27H,13H2,1-3H3,(H,26,28). The van der Waals surface area contributed by atoms with Crippen molar-refractivity contribution in [2.45, 2.75) is 25.7 Å². The van der Waals surface area contributed by atoms with Gasteiger partial charge in [0.05, 0.1) is 4.90 Å². The summed E-state index contributed by atoms with van der Waals surface area (Å²) >= 11 is 9.27. The summed E-state index contributed by atoms with van der Waals surface area (Å²) in [5.74, 6) is 0.119. The van der Waals surface area contributed by atoms with Crippen LogP contribution in [0.5, 0.6) is 5.75 Å². The second-order valence-electron chi connectivity index (χ2n) is 7.29. The predicted octanol–water partition coefficient (Wildman–Crippen LogP) is 5.85. The molecule has 0 aliphatic rings. The summed E-state index contributed by atoms with van der Waals surface area (Å²) in [5, 5.41) is 3.38. The van der Waals surface area contributed by atoms with E-state index >= 15 is 0 Å². The van der Waals surface area contributed by atoms with Gasteiger partial charge >= 0.3 is 0 Å². The van der Waals surface area contributed by atoms with Gasteiger partial charge in [0.2, 0.25) is 0 Å². The average molecular weight is 538 g/mol. The van der Waals surface area contributed by atoms with Crippen LogP contribution in [0.1, 0.15) is 16.7 Å². The Morgan fingerprint density at radius 3 is 2.19 bits per heavy atom. The first-order valence-corrected chi connectivity index (χ1v) is 12.3. The zero-order valence-electron chi connectivity index (χ0n) is 17.7. The van der Waals surface area contributed by atoms with Crippen LogP contribution in [-0.4, -0.2) is 20.9 Å². The molecule has 3 aromatic carbocycles. The van der Waals surface area contributed by atoms with Gasteiger partial charge in [0.1, 0.15) is 5.75 Å². The molecule has 0 saturated carbocycles. The van der Waals surface area contributed by atoms with Gasteiger partial charge < -0.3 is 10.1 Å². The number of amides is 1. The number of aryl methyl sites for hydroxylation is 3. The van der Waals surface area contributed by atoms with Crippen molar-refractivity contribution < 1.29 is 17.9 Å². The minimum absolute atomic E-state index is 0.0860. The lowest BCUT2D eigenvalue weighted by Gasteiger charge is -2.14. The average Bonchev–Trinajstić information content (AvgIpc) is 2.71. The Hall–Kier alpha value is -2.55. The molecule has 0 atom stereocenters. The molecular formula is C23H22BrClN2O4S. The van der Waals surface area contributed by atoms with Crippen LogP contribution in [0.3, 0.4) is 0 Å². The molecule has 0 spiro atoms. The smallest absolute Gasteiger partial charge is 0.262 e. The highest BCUT2D eigenvalue weighted by molar-refractivity contribution is 9.10. The number of ether oxygens (including phenoxy) is 1. The highest BCUT2D eigenvalue weighted by Gasteiger charge is 2.16. The van der Waals surface area contributed by atoms with Crippen LogP contribution in [0, 0.1) is 20.8 Å². The summed E-state index contributed by atoms with van der Waals surface area (Å²) < 4.78 is 34.4. The monoisotopic (exact) mass is 536 g/mol. The van der Waals surface area contributed by atoms with Crippen molar-refractivity contribution in [2.75, 3.05) is 16.6 Å². The zero-order valence-corrected chi connectivity index (χ0v) is 20.9. The molecule has 0 aliphatic carbocycles. The van der Waals surface area contributed by atoms with Gasteiger partial charge in [0.15, 0.2) is 6.61 Å². The van der Waals surface area contributed by atoms with Crippen LogP contribution in [0.25, 0.3) is 0 Å². The van der Waals surface area contributed by atoms with Crippen molar-refractivity contribution in [3.8, 4) is 5.75 Å². The Bertz CT molecular complexity index is 1240. The van der Waals surface area contributed by atoms with E-state index in [4.69, 9.17) is 16.3 Å². The highest BCUT2D eigenvalue weighted by atomic mass is 79.9. The molecule has 2 N–H and O–H groups in total. The lowest BCUT2D eigenvalue weighted by Crippen LogP contribution is -2.21. The lowest BCUT2D eigenvalue weighted by atomic mass is 10.1. The summed E-state index contributed by atoms with van der Waals surface area (Å²) in [6.07, 6.45) is 0. The number of rotatable bonds is 7. The maximum atomic E-state index is 12.7.